The Labute approximate surface area is 65.6 Å². The number of anilines is 1. The van der Waals surface area contributed by atoms with Gasteiger partial charge in [0.2, 0.25) is 0 Å². The summed E-state index contributed by atoms with van der Waals surface area (Å²) in [5.41, 5.74) is 0. The van der Waals surface area contributed by atoms with Crippen molar-refractivity contribution in [3.8, 4) is 0 Å². The molecule has 1 aliphatic heterocycles. The quantitative estimate of drug-likeness (QED) is 0.590. The molecule has 1 atom stereocenters. The Bertz CT molecular complexity index is 242. The average Bonchev–Trinajstić information content (AvgIpc) is 2.50. The molecule has 0 bridgehead atoms. The standard InChI is InChI=1S/C7H12N4/c1-8-6-4-9-7-2-3-10-11(7)5-6/h2-3,6,8-9H,4-5H2,1H3. The first-order chi connectivity index (χ1) is 5.40. The van der Waals surface area contributed by atoms with Gasteiger partial charge in [-0.15, -0.1) is 0 Å². The maximum Gasteiger partial charge on any atom is 0.124 e. The summed E-state index contributed by atoms with van der Waals surface area (Å²) in [5.74, 6) is 1.12. The molecule has 0 aromatic carbocycles. The highest BCUT2D eigenvalue weighted by molar-refractivity contribution is 5.35. The van der Waals surface area contributed by atoms with Crippen molar-refractivity contribution in [2.45, 2.75) is 12.6 Å². The molecule has 0 radical (unpaired) electrons. The van der Waals surface area contributed by atoms with Gasteiger partial charge in [0.15, 0.2) is 0 Å². The fourth-order valence-electron chi connectivity index (χ4n) is 1.32. The van der Waals surface area contributed by atoms with Gasteiger partial charge >= 0.3 is 0 Å². The first kappa shape index (κ1) is 6.67. The number of aromatic nitrogens is 2. The third kappa shape index (κ3) is 1.09. The summed E-state index contributed by atoms with van der Waals surface area (Å²) in [6.07, 6.45) is 1.82. The van der Waals surface area contributed by atoms with Gasteiger partial charge in [-0.1, -0.05) is 0 Å². The topological polar surface area (TPSA) is 41.9 Å². The summed E-state index contributed by atoms with van der Waals surface area (Å²) in [7, 11) is 1.97. The second-order valence-corrected chi connectivity index (χ2v) is 2.77. The largest absolute Gasteiger partial charge is 0.369 e. The van der Waals surface area contributed by atoms with Gasteiger partial charge in [0, 0.05) is 18.7 Å². The lowest BCUT2D eigenvalue weighted by Gasteiger charge is -2.24. The zero-order valence-electron chi connectivity index (χ0n) is 6.54. The second kappa shape index (κ2) is 2.54. The Morgan fingerprint density at radius 3 is 3.55 bits per heavy atom. The van der Waals surface area contributed by atoms with E-state index in [-0.39, 0.29) is 0 Å². The molecule has 4 heteroatoms. The zero-order chi connectivity index (χ0) is 7.68. The minimum Gasteiger partial charge on any atom is -0.369 e. The molecule has 1 unspecified atom stereocenters. The van der Waals surface area contributed by atoms with Crippen molar-refractivity contribution in [2.75, 3.05) is 18.9 Å². The lowest BCUT2D eigenvalue weighted by atomic mass is 10.2. The second-order valence-electron chi connectivity index (χ2n) is 2.77. The Balaban J connectivity index is 2.18. The van der Waals surface area contributed by atoms with E-state index in [1.807, 2.05) is 24.0 Å². The Kier molecular flexibility index (Phi) is 1.54. The number of fused-ring (bicyclic) bond motifs is 1. The van der Waals surface area contributed by atoms with Crippen LogP contribution in [-0.2, 0) is 6.54 Å². The van der Waals surface area contributed by atoms with Gasteiger partial charge in [-0.2, -0.15) is 5.10 Å². The van der Waals surface area contributed by atoms with E-state index in [1.165, 1.54) is 0 Å². The van der Waals surface area contributed by atoms with Crippen LogP contribution in [0.25, 0.3) is 0 Å². The van der Waals surface area contributed by atoms with Gasteiger partial charge in [-0.3, -0.25) is 0 Å². The molecule has 0 saturated heterocycles. The van der Waals surface area contributed by atoms with E-state index in [2.05, 4.69) is 15.7 Å². The molecule has 0 spiro atoms. The molecule has 0 aliphatic carbocycles. The minimum absolute atomic E-state index is 0.502. The minimum atomic E-state index is 0.502. The van der Waals surface area contributed by atoms with Gasteiger partial charge in [-0.25, -0.2) is 4.68 Å². The molecule has 1 aromatic rings. The van der Waals surface area contributed by atoms with Gasteiger partial charge in [-0.05, 0) is 7.05 Å². The zero-order valence-corrected chi connectivity index (χ0v) is 6.54. The molecular weight excluding hydrogens is 140 g/mol. The van der Waals surface area contributed by atoms with Crippen molar-refractivity contribution >= 4 is 5.82 Å². The molecule has 0 fully saturated rings. The molecule has 2 N–H and O–H groups in total. The Hall–Kier alpha value is -1.03. The number of hydrogen-bond acceptors (Lipinski definition) is 3. The number of rotatable bonds is 1. The van der Waals surface area contributed by atoms with Crippen LogP contribution in [-0.4, -0.2) is 29.4 Å². The van der Waals surface area contributed by atoms with Crippen LogP contribution >= 0.6 is 0 Å². The van der Waals surface area contributed by atoms with Crippen molar-refractivity contribution in [3.05, 3.63) is 12.3 Å². The predicted molar refractivity (Wildman–Crippen MR) is 43.6 cm³/mol. The average molecular weight is 152 g/mol. The van der Waals surface area contributed by atoms with E-state index in [0.29, 0.717) is 6.04 Å². The predicted octanol–water partition coefficient (Wildman–Crippen LogP) is -0.103. The van der Waals surface area contributed by atoms with E-state index in [9.17, 15) is 0 Å². The number of nitrogens with zero attached hydrogens (tertiary/aromatic N) is 2. The molecule has 2 rings (SSSR count). The van der Waals surface area contributed by atoms with Crippen LogP contribution in [0.1, 0.15) is 0 Å². The fourth-order valence-corrected chi connectivity index (χ4v) is 1.32. The van der Waals surface area contributed by atoms with Crippen LogP contribution in [0.2, 0.25) is 0 Å². The van der Waals surface area contributed by atoms with Gasteiger partial charge in [0.25, 0.3) is 0 Å². The summed E-state index contributed by atoms with van der Waals surface area (Å²) in [6.45, 7) is 1.95. The van der Waals surface area contributed by atoms with E-state index in [0.717, 1.165) is 18.9 Å². The summed E-state index contributed by atoms with van der Waals surface area (Å²) < 4.78 is 1.98. The molecule has 0 saturated carbocycles. The van der Waals surface area contributed by atoms with Crippen LogP contribution in [0.4, 0.5) is 5.82 Å². The normalized spacial score (nSPS) is 22.5. The van der Waals surface area contributed by atoms with Crippen molar-refractivity contribution < 1.29 is 0 Å². The molecule has 1 aliphatic rings. The van der Waals surface area contributed by atoms with Crippen LogP contribution in [0.3, 0.4) is 0 Å². The third-order valence-electron chi connectivity index (χ3n) is 2.05. The van der Waals surface area contributed by atoms with Crippen molar-refractivity contribution in [1.82, 2.24) is 15.1 Å². The summed E-state index contributed by atoms with van der Waals surface area (Å²) in [5, 5.41) is 10.7. The Morgan fingerprint density at radius 2 is 2.73 bits per heavy atom. The summed E-state index contributed by atoms with van der Waals surface area (Å²) in [6, 6.07) is 2.49. The highest BCUT2D eigenvalue weighted by Crippen LogP contribution is 2.11. The van der Waals surface area contributed by atoms with Crippen LogP contribution in [0.15, 0.2) is 12.3 Å². The van der Waals surface area contributed by atoms with E-state index >= 15 is 0 Å². The van der Waals surface area contributed by atoms with Crippen LogP contribution in [0, 0.1) is 0 Å². The van der Waals surface area contributed by atoms with Crippen molar-refractivity contribution in [3.63, 3.8) is 0 Å². The number of likely N-dealkylation sites (N-methyl/N-ethyl adjacent to an activating group) is 1. The van der Waals surface area contributed by atoms with Crippen LogP contribution in [0.5, 0.6) is 0 Å². The van der Waals surface area contributed by atoms with Gasteiger partial charge in [0.1, 0.15) is 5.82 Å². The summed E-state index contributed by atoms with van der Waals surface area (Å²) in [4.78, 5) is 0. The van der Waals surface area contributed by atoms with Crippen molar-refractivity contribution in [2.24, 2.45) is 0 Å². The molecule has 2 heterocycles. The maximum atomic E-state index is 4.17. The maximum absolute atomic E-state index is 4.17. The molecule has 11 heavy (non-hydrogen) atoms. The molecule has 60 valence electrons. The molecule has 4 nitrogen and oxygen atoms in total. The molecule has 0 amide bonds. The Morgan fingerprint density at radius 1 is 1.82 bits per heavy atom. The number of hydrogen-bond donors (Lipinski definition) is 2. The smallest absolute Gasteiger partial charge is 0.124 e. The van der Waals surface area contributed by atoms with Crippen LogP contribution < -0.4 is 10.6 Å². The monoisotopic (exact) mass is 152 g/mol. The van der Waals surface area contributed by atoms with Gasteiger partial charge in [0.05, 0.1) is 12.7 Å². The SMILES string of the molecule is CNC1CNc2ccnn2C1. The van der Waals surface area contributed by atoms with E-state index in [1.54, 1.807) is 0 Å². The summed E-state index contributed by atoms with van der Waals surface area (Å²) >= 11 is 0. The highest BCUT2D eigenvalue weighted by Gasteiger charge is 2.15. The first-order valence-corrected chi connectivity index (χ1v) is 3.83. The van der Waals surface area contributed by atoms with Crippen molar-refractivity contribution in [1.29, 1.82) is 0 Å². The third-order valence-corrected chi connectivity index (χ3v) is 2.05. The van der Waals surface area contributed by atoms with Gasteiger partial charge < -0.3 is 10.6 Å². The number of nitrogens with one attached hydrogen (secondary N) is 2. The van der Waals surface area contributed by atoms with E-state index in [4.69, 9.17) is 0 Å². The lowest BCUT2D eigenvalue weighted by Crippen LogP contribution is -2.40. The highest BCUT2D eigenvalue weighted by atomic mass is 15.3. The van der Waals surface area contributed by atoms with E-state index < -0.39 is 0 Å². The first-order valence-electron chi connectivity index (χ1n) is 3.83. The fraction of sp³-hybridized carbons (Fsp3) is 0.571. The lowest BCUT2D eigenvalue weighted by molar-refractivity contribution is 0.448. The molecular formula is C7H12N4. The molecule has 1 aromatic heterocycles.